The number of anilines is 1. The Morgan fingerprint density at radius 2 is 1.78 bits per heavy atom. The van der Waals surface area contributed by atoms with Crippen LogP contribution in [-0.2, 0) is 9.53 Å². The van der Waals surface area contributed by atoms with Crippen LogP contribution in [-0.4, -0.2) is 72.8 Å². The van der Waals surface area contributed by atoms with Crippen molar-refractivity contribution in [2.45, 2.75) is 4.34 Å². The average Bonchev–Trinajstić information content (AvgIpc) is 3.41. The van der Waals surface area contributed by atoms with Gasteiger partial charge in [-0.05, 0) is 54.6 Å². The van der Waals surface area contributed by atoms with Gasteiger partial charge in [-0.3, -0.25) is 14.4 Å². The molecule has 0 bridgehead atoms. The number of benzene rings is 3. The van der Waals surface area contributed by atoms with Crippen LogP contribution in [0.25, 0.3) is 10.2 Å². The highest BCUT2D eigenvalue weighted by atomic mass is 35.5. The van der Waals surface area contributed by atoms with Crippen molar-refractivity contribution in [2.75, 3.05) is 50.5 Å². The number of halogens is 1. The number of thioether (sulfide) groups is 1. The zero-order valence-corrected chi connectivity index (χ0v) is 24.3. The summed E-state index contributed by atoms with van der Waals surface area (Å²) in [7, 11) is 0. The summed E-state index contributed by atoms with van der Waals surface area (Å²) in [5.41, 5.74) is 2.04. The maximum absolute atomic E-state index is 13.2. The minimum Gasteiger partial charge on any atom is -0.492 e. The van der Waals surface area contributed by atoms with E-state index in [-0.39, 0.29) is 23.5 Å². The van der Waals surface area contributed by atoms with Gasteiger partial charge in [0, 0.05) is 23.8 Å². The molecule has 2 heterocycles. The molecule has 41 heavy (non-hydrogen) atoms. The summed E-state index contributed by atoms with van der Waals surface area (Å²) >= 11 is 8.65. The standard InChI is InChI=1S/C29H27ClN4O5S2/c30-19-5-8-21(9-6-19)39-14-11-31-26(35)18-40-29-33-24-10-7-20(17-25(24)41-29)32-27(36)22-3-1-2-4-23(22)28(37)34-12-15-38-16-13-34/h1-10,17H,11-16,18H2,(H,31,35)(H,32,36). The zero-order valence-electron chi connectivity index (χ0n) is 21.9. The Hall–Kier alpha value is -3.64. The third kappa shape index (κ3) is 7.76. The molecule has 1 aliphatic rings. The molecular weight excluding hydrogens is 584 g/mol. The Morgan fingerprint density at radius 1 is 1.02 bits per heavy atom. The highest BCUT2D eigenvalue weighted by Gasteiger charge is 2.23. The van der Waals surface area contributed by atoms with Crippen LogP contribution in [0, 0.1) is 0 Å². The lowest BCUT2D eigenvalue weighted by Crippen LogP contribution is -2.41. The Balaban J connectivity index is 1.14. The number of morpholine rings is 1. The SMILES string of the molecule is O=C(CSc1nc2ccc(NC(=O)c3ccccc3C(=O)N3CCOCC3)cc2s1)NCCOc1ccc(Cl)cc1. The highest BCUT2D eigenvalue weighted by molar-refractivity contribution is 8.01. The number of rotatable bonds is 10. The molecule has 4 aromatic rings. The predicted molar refractivity (Wildman–Crippen MR) is 161 cm³/mol. The van der Waals surface area contributed by atoms with Crippen molar-refractivity contribution in [3.8, 4) is 5.75 Å². The number of amides is 3. The van der Waals surface area contributed by atoms with E-state index in [1.54, 1.807) is 59.5 Å². The van der Waals surface area contributed by atoms with Gasteiger partial charge >= 0.3 is 0 Å². The van der Waals surface area contributed by atoms with Crippen molar-refractivity contribution < 1.29 is 23.9 Å². The molecule has 3 amide bonds. The van der Waals surface area contributed by atoms with E-state index in [9.17, 15) is 14.4 Å². The zero-order chi connectivity index (χ0) is 28.6. The number of thiazole rings is 1. The van der Waals surface area contributed by atoms with E-state index in [0.717, 1.165) is 14.6 Å². The van der Waals surface area contributed by atoms with E-state index in [2.05, 4.69) is 15.6 Å². The number of hydrogen-bond donors (Lipinski definition) is 2. The van der Waals surface area contributed by atoms with Gasteiger partial charge < -0.3 is 25.0 Å². The third-order valence-electron chi connectivity index (χ3n) is 6.16. The summed E-state index contributed by atoms with van der Waals surface area (Å²) in [6.45, 7) is 2.70. The first-order chi connectivity index (χ1) is 20.0. The van der Waals surface area contributed by atoms with Crippen molar-refractivity contribution in [1.82, 2.24) is 15.2 Å². The number of hydrogen-bond acceptors (Lipinski definition) is 8. The second kappa shape index (κ2) is 13.8. The lowest BCUT2D eigenvalue weighted by Gasteiger charge is -2.27. The summed E-state index contributed by atoms with van der Waals surface area (Å²) in [5.74, 6) is 0.244. The smallest absolute Gasteiger partial charge is 0.256 e. The molecule has 2 N–H and O–H groups in total. The molecular formula is C29H27ClN4O5S2. The fraction of sp³-hybridized carbons (Fsp3) is 0.241. The topological polar surface area (TPSA) is 110 Å². The van der Waals surface area contributed by atoms with E-state index < -0.39 is 0 Å². The van der Waals surface area contributed by atoms with Crippen LogP contribution in [0.1, 0.15) is 20.7 Å². The van der Waals surface area contributed by atoms with Crippen LogP contribution in [0.4, 0.5) is 5.69 Å². The average molecular weight is 611 g/mol. The number of fused-ring (bicyclic) bond motifs is 1. The summed E-state index contributed by atoms with van der Waals surface area (Å²) in [6, 6.07) is 19.3. The summed E-state index contributed by atoms with van der Waals surface area (Å²) < 4.78 is 12.5. The normalized spacial score (nSPS) is 13.1. The van der Waals surface area contributed by atoms with Crippen molar-refractivity contribution >= 4 is 68.3 Å². The van der Waals surface area contributed by atoms with Gasteiger partial charge in [-0.2, -0.15) is 0 Å². The molecule has 12 heteroatoms. The lowest BCUT2D eigenvalue weighted by molar-refractivity contribution is -0.118. The van der Waals surface area contributed by atoms with Crippen LogP contribution in [0.15, 0.2) is 71.1 Å². The van der Waals surface area contributed by atoms with Crippen molar-refractivity contribution in [1.29, 1.82) is 0 Å². The molecule has 0 radical (unpaired) electrons. The van der Waals surface area contributed by atoms with Gasteiger partial charge in [-0.1, -0.05) is 35.5 Å². The monoisotopic (exact) mass is 610 g/mol. The second-order valence-electron chi connectivity index (χ2n) is 9.01. The van der Waals surface area contributed by atoms with Gasteiger partial charge in [0.05, 0.1) is 46.9 Å². The van der Waals surface area contributed by atoms with Gasteiger partial charge in [-0.25, -0.2) is 4.98 Å². The Bertz CT molecular complexity index is 1540. The summed E-state index contributed by atoms with van der Waals surface area (Å²) in [5, 5.41) is 6.38. The number of aromatic nitrogens is 1. The first kappa shape index (κ1) is 28.9. The highest BCUT2D eigenvalue weighted by Crippen LogP contribution is 2.31. The molecule has 212 valence electrons. The number of ether oxygens (including phenoxy) is 2. The number of carbonyl (C=O) groups excluding carboxylic acids is 3. The fourth-order valence-corrected chi connectivity index (χ4v) is 6.18. The molecule has 3 aromatic carbocycles. The van der Waals surface area contributed by atoms with E-state index >= 15 is 0 Å². The van der Waals surface area contributed by atoms with Crippen LogP contribution < -0.4 is 15.4 Å². The quantitative estimate of drug-likeness (QED) is 0.193. The molecule has 1 fully saturated rings. The van der Waals surface area contributed by atoms with Crippen molar-refractivity contribution in [2.24, 2.45) is 0 Å². The Kier molecular flexibility index (Phi) is 9.73. The fourth-order valence-electron chi connectivity index (χ4n) is 4.11. The predicted octanol–water partition coefficient (Wildman–Crippen LogP) is 4.96. The summed E-state index contributed by atoms with van der Waals surface area (Å²) in [6.07, 6.45) is 0. The first-order valence-electron chi connectivity index (χ1n) is 12.9. The molecule has 1 saturated heterocycles. The number of carbonyl (C=O) groups is 3. The van der Waals surface area contributed by atoms with E-state index in [1.807, 2.05) is 12.1 Å². The maximum atomic E-state index is 13.2. The van der Waals surface area contributed by atoms with Crippen LogP contribution >= 0.6 is 34.7 Å². The van der Waals surface area contributed by atoms with Gasteiger partial charge in [-0.15, -0.1) is 11.3 Å². The molecule has 0 aliphatic carbocycles. The lowest BCUT2D eigenvalue weighted by atomic mass is 10.0. The first-order valence-corrected chi connectivity index (χ1v) is 15.1. The summed E-state index contributed by atoms with van der Waals surface area (Å²) in [4.78, 5) is 44.8. The molecule has 0 saturated carbocycles. The molecule has 0 atom stereocenters. The molecule has 5 rings (SSSR count). The van der Waals surface area contributed by atoms with Gasteiger partial charge in [0.2, 0.25) is 5.91 Å². The van der Waals surface area contributed by atoms with Crippen molar-refractivity contribution in [3.05, 3.63) is 82.9 Å². The minimum absolute atomic E-state index is 0.118. The van der Waals surface area contributed by atoms with Crippen molar-refractivity contribution in [3.63, 3.8) is 0 Å². The van der Waals surface area contributed by atoms with E-state index in [1.165, 1.54) is 23.1 Å². The third-order valence-corrected chi connectivity index (χ3v) is 8.57. The van der Waals surface area contributed by atoms with Crippen LogP contribution in [0.2, 0.25) is 5.02 Å². The maximum Gasteiger partial charge on any atom is 0.256 e. The second-order valence-corrected chi connectivity index (χ2v) is 11.7. The molecule has 0 spiro atoms. The van der Waals surface area contributed by atoms with Gasteiger partial charge in [0.1, 0.15) is 12.4 Å². The number of nitrogens with one attached hydrogen (secondary N) is 2. The molecule has 1 aliphatic heterocycles. The largest absolute Gasteiger partial charge is 0.492 e. The molecule has 0 unspecified atom stereocenters. The molecule has 1 aromatic heterocycles. The van der Waals surface area contributed by atoms with Crippen LogP contribution in [0.5, 0.6) is 5.75 Å². The van der Waals surface area contributed by atoms with E-state index in [0.29, 0.717) is 67.0 Å². The van der Waals surface area contributed by atoms with Crippen LogP contribution in [0.3, 0.4) is 0 Å². The molecule has 9 nitrogen and oxygen atoms in total. The van der Waals surface area contributed by atoms with E-state index in [4.69, 9.17) is 21.1 Å². The van der Waals surface area contributed by atoms with Gasteiger partial charge in [0.25, 0.3) is 11.8 Å². The minimum atomic E-state index is -0.364. The Labute approximate surface area is 250 Å². The van der Waals surface area contributed by atoms with Gasteiger partial charge in [0.15, 0.2) is 4.34 Å². The number of nitrogens with zero attached hydrogens (tertiary/aromatic N) is 2. The Morgan fingerprint density at radius 3 is 2.56 bits per heavy atom.